The number of carbonyl (C=O) groups is 1. The number of nitrogens with zero attached hydrogens (tertiary/aromatic N) is 4. The molecule has 4 N–H and O–H groups in total. The molecule has 0 unspecified atom stereocenters. The van der Waals surface area contributed by atoms with Crippen LogP contribution in [0.3, 0.4) is 0 Å². The number of H-pyrrole nitrogens is 1. The van der Waals surface area contributed by atoms with E-state index in [1.54, 1.807) is 42.2 Å². The van der Waals surface area contributed by atoms with Crippen LogP contribution in [0, 0.1) is 12.8 Å². The number of hydrogen-bond acceptors (Lipinski definition) is 7. The number of aromatic amines is 1. The Morgan fingerprint density at radius 3 is 2.62 bits per heavy atom. The van der Waals surface area contributed by atoms with Crippen LogP contribution in [0.25, 0.3) is 22.4 Å². The van der Waals surface area contributed by atoms with E-state index in [-0.39, 0.29) is 22.9 Å². The highest BCUT2D eigenvalue weighted by Crippen LogP contribution is 2.49. The highest BCUT2D eigenvalue weighted by molar-refractivity contribution is 7.92. The van der Waals surface area contributed by atoms with Gasteiger partial charge in [0.15, 0.2) is 5.65 Å². The molecule has 1 saturated carbocycles. The first-order chi connectivity index (χ1) is 17.5. The maximum atomic E-state index is 13.4. The number of benzene rings is 1. The van der Waals surface area contributed by atoms with Crippen molar-refractivity contribution in [3.8, 4) is 11.3 Å². The van der Waals surface area contributed by atoms with E-state index in [0.29, 0.717) is 22.7 Å². The summed E-state index contributed by atoms with van der Waals surface area (Å²) in [6, 6.07) is 6.67. The standard InChI is InChI=1S/C23H24F2N8O3S/c1-4-37(35,36)32-16-7-13(18-10-26-11-33(18)3)5-6-15(16)29-17-8-19(30-21-20(17)27-12(2)28-21)31-22(34)14-9-23(14,24)25/h5-8,10-11,14,32H,4,9H2,1-3H3,(H3,27,28,29,30,31,34)/t14-/m1/s1. The number of nitrogens with one attached hydrogen (secondary N) is 4. The molecular formula is C23H24F2N8O3S. The van der Waals surface area contributed by atoms with E-state index in [1.165, 1.54) is 13.0 Å². The van der Waals surface area contributed by atoms with Crippen LogP contribution in [-0.4, -0.2) is 50.5 Å². The fraction of sp³-hybridized carbons (Fsp3) is 0.304. The molecule has 14 heteroatoms. The quantitative estimate of drug-likeness (QED) is 0.271. The van der Waals surface area contributed by atoms with Crippen molar-refractivity contribution < 1.29 is 22.0 Å². The van der Waals surface area contributed by atoms with E-state index >= 15 is 0 Å². The predicted molar refractivity (Wildman–Crippen MR) is 135 cm³/mol. The van der Waals surface area contributed by atoms with E-state index < -0.39 is 34.2 Å². The zero-order valence-electron chi connectivity index (χ0n) is 20.1. The van der Waals surface area contributed by atoms with Gasteiger partial charge in [-0.25, -0.2) is 32.2 Å². The van der Waals surface area contributed by atoms with Gasteiger partial charge in [0.1, 0.15) is 23.1 Å². The van der Waals surface area contributed by atoms with E-state index in [0.717, 1.165) is 11.3 Å². The number of aromatic nitrogens is 5. The molecule has 0 spiro atoms. The van der Waals surface area contributed by atoms with Gasteiger partial charge < -0.3 is 20.2 Å². The van der Waals surface area contributed by atoms with Gasteiger partial charge in [0.2, 0.25) is 15.9 Å². The molecule has 1 atom stereocenters. The molecule has 1 amide bonds. The topological polar surface area (TPSA) is 147 Å². The largest absolute Gasteiger partial charge is 0.352 e. The molecule has 0 radical (unpaired) electrons. The van der Waals surface area contributed by atoms with E-state index in [2.05, 4.69) is 35.3 Å². The van der Waals surface area contributed by atoms with E-state index in [4.69, 9.17) is 0 Å². The molecule has 11 nitrogen and oxygen atoms in total. The minimum absolute atomic E-state index is 0.0383. The maximum absolute atomic E-state index is 13.4. The van der Waals surface area contributed by atoms with Gasteiger partial charge in [-0.3, -0.25) is 9.52 Å². The molecule has 1 aliphatic rings. The molecule has 3 aromatic heterocycles. The molecule has 1 fully saturated rings. The van der Waals surface area contributed by atoms with Crippen LogP contribution in [0.4, 0.5) is 31.7 Å². The lowest BCUT2D eigenvalue weighted by molar-refractivity contribution is -0.119. The molecule has 1 aromatic carbocycles. The Morgan fingerprint density at radius 2 is 1.97 bits per heavy atom. The molecule has 4 aromatic rings. The molecular weight excluding hydrogens is 506 g/mol. The van der Waals surface area contributed by atoms with Gasteiger partial charge in [0.05, 0.1) is 41.0 Å². The fourth-order valence-electron chi connectivity index (χ4n) is 3.89. The summed E-state index contributed by atoms with van der Waals surface area (Å²) < 4.78 is 56.1. The summed E-state index contributed by atoms with van der Waals surface area (Å²) in [6.45, 7) is 3.25. The summed E-state index contributed by atoms with van der Waals surface area (Å²) in [5, 5.41) is 5.62. The van der Waals surface area contributed by atoms with Gasteiger partial charge in [0.25, 0.3) is 5.92 Å². The summed E-state index contributed by atoms with van der Waals surface area (Å²) in [7, 11) is -1.81. The minimum Gasteiger partial charge on any atom is -0.352 e. The predicted octanol–water partition coefficient (Wildman–Crippen LogP) is 3.77. The van der Waals surface area contributed by atoms with Gasteiger partial charge >= 0.3 is 0 Å². The van der Waals surface area contributed by atoms with Gasteiger partial charge in [0, 0.05) is 25.1 Å². The fourth-order valence-corrected chi connectivity index (χ4v) is 4.54. The summed E-state index contributed by atoms with van der Waals surface area (Å²) >= 11 is 0. The number of imidazole rings is 2. The molecule has 5 rings (SSSR count). The number of hydrogen-bond donors (Lipinski definition) is 4. The minimum atomic E-state index is -3.63. The number of alkyl halides is 2. The zero-order valence-corrected chi connectivity index (χ0v) is 20.9. The van der Waals surface area contributed by atoms with Crippen LogP contribution in [0.5, 0.6) is 0 Å². The first-order valence-corrected chi connectivity index (χ1v) is 13.1. The number of pyridine rings is 1. The van der Waals surface area contributed by atoms with Crippen LogP contribution < -0.4 is 15.4 Å². The zero-order chi connectivity index (χ0) is 26.5. The number of halogens is 2. The second-order valence-electron chi connectivity index (χ2n) is 8.86. The number of aryl methyl sites for hydroxylation is 2. The third-order valence-corrected chi connectivity index (χ3v) is 7.31. The molecule has 37 heavy (non-hydrogen) atoms. The molecule has 1 aliphatic carbocycles. The summed E-state index contributed by atoms with van der Waals surface area (Å²) in [5.41, 5.74) is 3.36. The van der Waals surface area contributed by atoms with Crippen LogP contribution in [0.1, 0.15) is 19.2 Å². The first-order valence-electron chi connectivity index (χ1n) is 11.4. The van der Waals surface area contributed by atoms with Gasteiger partial charge in [-0.1, -0.05) is 6.07 Å². The van der Waals surface area contributed by atoms with Crippen molar-refractivity contribution in [3.63, 3.8) is 0 Å². The lowest BCUT2D eigenvalue weighted by Crippen LogP contribution is -2.18. The Hall–Kier alpha value is -4.07. The Morgan fingerprint density at radius 1 is 1.22 bits per heavy atom. The number of anilines is 4. The van der Waals surface area contributed by atoms with Crippen LogP contribution >= 0.6 is 0 Å². The number of fused-ring (bicyclic) bond motifs is 1. The van der Waals surface area contributed by atoms with Crippen LogP contribution in [-0.2, 0) is 21.9 Å². The van der Waals surface area contributed by atoms with Gasteiger partial charge in [-0.15, -0.1) is 0 Å². The highest BCUT2D eigenvalue weighted by atomic mass is 32.2. The van der Waals surface area contributed by atoms with Crippen LogP contribution in [0.2, 0.25) is 0 Å². The average molecular weight is 531 g/mol. The van der Waals surface area contributed by atoms with Crippen molar-refractivity contribution in [2.24, 2.45) is 13.0 Å². The number of rotatable bonds is 8. The highest BCUT2D eigenvalue weighted by Gasteiger charge is 2.61. The molecule has 0 aliphatic heterocycles. The first kappa shape index (κ1) is 24.6. The lowest BCUT2D eigenvalue weighted by Gasteiger charge is -2.16. The molecule has 194 valence electrons. The summed E-state index contributed by atoms with van der Waals surface area (Å²) in [4.78, 5) is 28.0. The van der Waals surface area contributed by atoms with E-state index in [9.17, 15) is 22.0 Å². The van der Waals surface area contributed by atoms with Crippen molar-refractivity contribution >= 4 is 50.0 Å². The van der Waals surface area contributed by atoms with Crippen LogP contribution in [0.15, 0.2) is 36.8 Å². The number of amides is 1. The van der Waals surface area contributed by atoms with Gasteiger partial charge in [-0.05, 0) is 26.0 Å². The molecule has 0 bridgehead atoms. The Labute approximate surface area is 210 Å². The SMILES string of the molecule is CCS(=O)(=O)Nc1cc(-c2cncn2C)ccc1Nc1cc(NC(=O)[C@H]2CC2(F)F)nc2nc(C)[nH]c12. The molecule has 0 saturated heterocycles. The Kier molecular flexibility index (Phi) is 5.85. The van der Waals surface area contributed by atoms with Gasteiger partial charge in [-0.2, -0.15) is 0 Å². The Bertz CT molecular complexity index is 1630. The second-order valence-corrected chi connectivity index (χ2v) is 10.9. The molecule has 3 heterocycles. The second kappa shape index (κ2) is 8.80. The smallest absolute Gasteiger partial charge is 0.260 e. The number of carbonyl (C=O) groups excluding carboxylic acids is 1. The third-order valence-electron chi connectivity index (χ3n) is 6.02. The van der Waals surface area contributed by atoms with Crippen molar-refractivity contribution in [1.82, 2.24) is 24.5 Å². The van der Waals surface area contributed by atoms with Crippen molar-refractivity contribution in [2.45, 2.75) is 26.2 Å². The summed E-state index contributed by atoms with van der Waals surface area (Å²) in [6.07, 6.45) is 2.80. The van der Waals surface area contributed by atoms with Crippen molar-refractivity contribution in [3.05, 3.63) is 42.6 Å². The average Bonchev–Trinajstić information content (AvgIpc) is 3.11. The lowest BCUT2D eigenvalue weighted by atomic mass is 10.1. The van der Waals surface area contributed by atoms with Crippen molar-refractivity contribution in [1.29, 1.82) is 0 Å². The normalized spacial score (nSPS) is 16.5. The Balaban J connectivity index is 1.54. The van der Waals surface area contributed by atoms with E-state index in [1.807, 2.05) is 7.05 Å². The monoisotopic (exact) mass is 530 g/mol. The maximum Gasteiger partial charge on any atom is 0.260 e. The summed E-state index contributed by atoms with van der Waals surface area (Å²) in [5.74, 6) is -4.79. The number of sulfonamides is 1. The third kappa shape index (κ3) is 4.96. The van der Waals surface area contributed by atoms with Crippen molar-refractivity contribution in [2.75, 3.05) is 21.1 Å².